The maximum Gasteiger partial charge on any atom is 0.271 e. The van der Waals surface area contributed by atoms with Crippen LogP contribution in [0.5, 0.6) is 0 Å². The van der Waals surface area contributed by atoms with E-state index in [9.17, 15) is 13.2 Å². The normalized spacial score (nSPS) is 14.9. The summed E-state index contributed by atoms with van der Waals surface area (Å²) >= 11 is 1.14. The Morgan fingerprint density at radius 3 is 2.65 bits per heavy atom. The van der Waals surface area contributed by atoms with Crippen LogP contribution in [0.1, 0.15) is 11.8 Å². The van der Waals surface area contributed by atoms with Crippen molar-refractivity contribution < 1.29 is 17.9 Å². The van der Waals surface area contributed by atoms with Gasteiger partial charge in [-0.1, -0.05) is 12.1 Å². The maximum absolute atomic E-state index is 12.8. The summed E-state index contributed by atoms with van der Waals surface area (Å²) in [4.78, 5) is 13.9. The molecule has 2 heterocycles. The van der Waals surface area contributed by atoms with E-state index in [4.69, 9.17) is 4.74 Å². The predicted molar refractivity (Wildman–Crippen MR) is 102 cm³/mol. The predicted octanol–water partition coefficient (Wildman–Crippen LogP) is 2.02. The summed E-state index contributed by atoms with van der Waals surface area (Å²) in [6.07, 6.45) is 0. The number of hydrogen-bond donors (Lipinski definition) is 2. The van der Waals surface area contributed by atoms with Gasteiger partial charge in [-0.05, 0) is 24.3 Å². The lowest BCUT2D eigenvalue weighted by Gasteiger charge is -2.30. The number of para-hydroxylation sites is 2. The number of carbonyl (C=O) groups excluding carboxylic acids is 1. The van der Waals surface area contributed by atoms with Crippen molar-refractivity contribution >= 4 is 38.6 Å². The van der Waals surface area contributed by atoms with Crippen LogP contribution in [-0.2, 0) is 26.1 Å². The van der Waals surface area contributed by atoms with E-state index in [-0.39, 0.29) is 10.1 Å². The molecule has 2 N–H and O–H groups in total. The van der Waals surface area contributed by atoms with E-state index in [0.717, 1.165) is 35.0 Å². The van der Waals surface area contributed by atoms with Crippen LogP contribution in [0.15, 0.2) is 40.6 Å². The van der Waals surface area contributed by atoms with Gasteiger partial charge < -0.3 is 15.0 Å². The van der Waals surface area contributed by atoms with Gasteiger partial charge in [0.05, 0.1) is 31.1 Å². The molecule has 1 aromatic heterocycles. The minimum atomic E-state index is -3.69. The second-order valence-electron chi connectivity index (χ2n) is 5.85. The molecule has 7 nitrogen and oxygen atoms in total. The number of thiophene rings is 1. The number of benzene rings is 1. The highest BCUT2D eigenvalue weighted by Crippen LogP contribution is 2.30. The molecule has 1 fully saturated rings. The van der Waals surface area contributed by atoms with Gasteiger partial charge in [0.15, 0.2) is 0 Å². The number of nitrogens with zero attached hydrogens (tertiary/aromatic N) is 1. The third-order valence-corrected chi connectivity index (χ3v) is 6.86. The molecule has 1 aliphatic rings. The van der Waals surface area contributed by atoms with E-state index in [1.54, 1.807) is 24.3 Å². The van der Waals surface area contributed by atoms with Gasteiger partial charge in [0.1, 0.15) is 4.21 Å². The van der Waals surface area contributed by atoms with Crippen molar-refractivity contribution in [2.24, 2.45) is 0 Å². The first-order valence-corrected chi connectivity index (χ1v) is 10.5. The molecule has 0 radical (unpaired) electrons. The monoisotopic (exact) mass is 395 g/mol. The lowest BCUT2D eigenvalue weighted by molar-refractivity contribution is -0.119. The molecule has 2 aromatic rings. The van der Waals surface area contributed by atoms with Crippen molar-refractivity contribution in [3.05, 3.63) is 41.3 Å². The number of ether oxygens (including phenoxy) is 1. The number of nitrogens with one attached hydrogen (secondary N) is 2. The maximum atomic E-state index is 12.8. The highest BCUT2D eigenvalue weighted by atomic mass is 32.2. The van der Waals surface area contributed by atoms with Crippen LogP contribution in [0.25, 0.3) is 0 Å². The Labute approximate surface area is 157 Å². The molecule has 0 atom stereocenters. The lowest BCUT2D eigenvalue weighted by atomic mass is 10.2. The number of anilines is 2. The molecule has 1 aliphatic heterocycles. The van der Waals surface area contributed by atoms with Crippen molar-refractivity contribution in [2.75, 3.05) is 35.9 Å². The summed E-state index contributed by atoms with van der Waals surface area (Å²) in [6.45, 7) is 4.43. The summed E-state index contributed by atoms with van der Waals surface area (Å²) < 4.78 is 33.8. The second kappa shape index (κ2) is 8.07. The smallest absolute Gasteiger partial charge is 0.271 e. The zero-order valence-electron chi connectivity index (χ0n) is 14.4. The zero-order valence-corrected chi connectivity index (χ0v) is 16.0. The molecule has 0 saturated carbocycles. The Morgan fingerprint density at radius 1 is 1.19 bits per heavy atom. The fraction of sp³-hybridized carbons (Fsp3) is 0.353. The number of sulfonamides is 1. The van der Waals surface area contributed by atoms with Crippen LogP contribution in [-0.4, -0.2) is 40.6 Å². The van der Waals surface area contributed by atoms with Gasteiger partial charge in [-0.25, -0.2) is 8.42 Å². The minimum absolute atomic E-state index is 0.152. The molecule has 1 aromatic carbocycles. The third-order valence-electron chi connectivity index (χ3n) is 3.91. The van der Waals surface area contributed by atoms with Crippen LogP contribution < -0.4 is 14.9 Å². The quantitative estimate of drug-likeness (QED) is 0.781. The van der Waals surface area contributed by atoms with Crippen molar-refractivity contribution in [2.45, 2.75) is 17.7 Å². The Kier molecular flexibility index (Phi) is 5.80. The fourth-order valence-electron chi connectivity index (χ4n) is 2.64. The molecule has 9 heteroatoms. The van der Waals surface area contributed by atoms with Crippen molar-refractivity contribution in [1.82, 2.24) is 5.32 Å². The fourth-order valence-corrected chi connectivity index (χ4v) is 5.01. The van der Waals surface area contributed by atoms with E-state index in [1.165, 1.54) is 6.92 Å². The van der Waals surface area contributed by atoms with Gasteiger partial charge in [0, 0.05) is 24.9 Å². The van der Waals surface area contributed by atoms with E-state index in [1.807, 2.05) is 12.1 Å². The summed E-state index contributed by atoms with van der Waals surface area (Å²) in [7, 11) is -3.69. The van der Waals surface area contributed by atoms with Gasteiger partial charge in [-0.2, -0.15) is 0 Å². The average molecular weight is 396 g/mol. The molecular formula is C17H21N3O4S2. The van der Waals surface area contributed by atoms with Gasteiger partial charge in [0.25, 0.3) is 10.0 Å². The van der Waals surface area contributed by atoms with Crippen LogP contribution in [0.3, 0.4) is 0 Å². The molecule has 1 saturated heterocycles. The molecule has 0 spiro atoms. The zero-order chi connectivity index (χ0) is 18.6. The van der Waals surface area contributed by atoms with Gasteiger partial charge in [-0.3, -0.25) is 9.52 Å². The number of carbonyl (C=O) groups is 1. The Morgan fingerprint density at radius 2 is 1.92 bits per heavy atom. The van der Waals surface area contributed by atoms with Crippen molar-refractivity contribution in [1.29, 1.82) is 0 Å². The first kappa shape index (κ1) is 18.7. The topological polar surface area (TPSA) is 87.7 Å². The summed E-state index contributed by atoms with van der Waals surface area (Å²) in [5.74, 6) is -0.152. The molecule has 0 bridgehead atoms. The SMILES string of the molecule is CC(=O)NCc1ccc(S(=O)(=O)Nc2ccccc2N2CCOCC2)s1. The average Bonchev–Trinajstić information content (AvgIpc) is 3.11. The highest BCUT2D eigenvalue weighted by Gasteiger charge is 2.21. The first-order chi connectivity index (χ1) is 12.5. The summed E-state index contributed by atoms with van der Waals surface area (Å²) in [5.41, 5.74) is 1.39. The van der Waals surface area contributed by atoms with Crippen LogP contribution in [0, 0.1) is 0 Å². The summed E-state index contributed by atoms with van der Waals surface area (Å²) in [6, 6.07) is 10.6. The number of amides is 1. The van der Waals surface area contributed by atoms with Crippen LogP contribution in [0.2, 0.25) is 0 Å². The second-order valence-corrected chi connectivity index (χ2v) is 8.93. The lowest BCUT2D eigenvalue weighted by Crippen LogP contribution is -2.36. The molecule has 0 unspecified atom stereocenters. The van der Waals surface area contributed by atoms with E-state index in [0.29, 0.717) is 25.4 Å². The van der Waals surface area contributed by atoms with Crippen LogP contribution >= 0.6 is 11.3 Å². The highest BCUT2D eigenvalue weighted by molar-refractivity contribution is 7.94. The Bertz CT molecular complexity index is 874. The number of rotatable bonds is 6. The van der Waals surface area contributed by atoms with E-state index >= 15 is 0 Å². The standard InChI is InChI=1S/C17H21N3O4S2/c1-13(21)18-12-14-6-7-17(25-14)26(22,23)19-15-4-2-3-5-16(15)20-8-10-24-11-9-20/h2-7,19H,8-12H2,1H3,(H,18,21). The van der Waals surface area contributed by atoms with E-state index in [2.05, 4.69) is 14.9 Å². The number of morpholine rings is 1. The van der Waals surface area contributed by atoms with Gasteiger partial charge in [-0.15, -0.1) is 11.3 Å². The molecular weight excluding hydrogens is 374 g/mol. The van der Waals surface area contributed by atoms with Crippen molar-refractivity contribution in [3.8, 4) is 0 Å². The van der Waals surface area contributed by atoms with Crippen molar-refractivity contribution in [3.63, 3.8) is 0 Å². The molecule has 3 rings (SSSR count). The Hall–Kier alpha value is -2.10. The third kappa shape index (κ3) is 4.54. The molecule has 140 valence electrons. The molecule has 26 heavy (non-hydrogen) atoms. The van der Waals surface area contributed by atoms with E-state index < -0.39 is 10.0 Å². The van der Waals surface area contributed by atoms with Gasteiger partial charge >= 0.3 is 0 Å². The molecule has 1 amide bonds. The Balaban J connectivity index is 1.78. The largest absolute Gasteiger partial charge is 0.378 e. The molecule has 0 aliphatic carbocycles. The minimum Gasteiger partial charge on any atom is -0.378 e. The van der Waals surface area contributed by atoms with Crippen LogP contribution in [0.4, 0.5) is 11.4 Å². The first-order valence-electron chi connectivity index (χ1n) is 8.23. The number of hydrogen-bond acceptors (Lipinski definition) is 6. The van der Waals surface area contributed by atoms with Gasteiger partial charge in [0.2, 0.25) is 5.91 Å². The summed E-state index contributed by atoms with van der Waals surface area (Å²) in [5, 5.41) is 2.67.